The second-order valence-corrected chi connectivity index (χ2v) is 3.31. The van der Waals surface area contributed by atoms with Gasteiger partial charge in [0.25, 0.3) is 0 Å². The maximum absolute atomic E-state index is 10.4. The van der Waals surface area contributed by atoms with Crippen molar-refractivity contribution in [1.29, 1.82) is 0 Å². The molecule has 0 aliphatic carbocycles. The van der Waals surface area contributed by atoms with Crippen molar-refractivity contribution in [3.63, 3.8) is 0 Å². The van der Waals surface area contributed by atoms with Crippen LogP contribution in [0.2, 0.25) is 0 Å². The van der Waals surface area contributed by atoms with Crippen LogP contribution in [0.1, 0.15) is 30.8 Å². The fraction of sp³-hybridized carbons (Fsp3) is 0.625. The Morgan fingerprint density at radius 1 is 1.69 bits per heavy atom. The summed E-state index contributed by atoms with van der Waals surface area (Å²) in [6, 6.07) is 0. The van der Waals surface area contributed by atoms with E-state index >= 15 is 0 Å². The van der Waals surface area contributed by atoms with Gasteiger partial charge in [-0.1, -0.05) is 13.8 Å². The number of rotatable bonds is 4. The number of aromatic nitrogens is 3. The molecule has 1 aromatic rings. The van der Waals surface area contributed by atoms with E-state index in [0.717, 1.165) is 6.42 Å². The highest BCUT2D eigenvalue weighted by atomic mass is 16.4. The highest BCUT2D eigenvalue weighted by molar-refractivity contribution is 5.84. The quantitative estimate of drug-likeness (QED) is 0.756. The summed E-state index contributed by atoms with van der Waals surface area (Å²) in [5, 5.41) is 16.2. The van der Waals surface area contributed by atoms with Crippen LogP contribution in [-0.4, -0.2) is 26.1 Å². The molecule has 0 fully saturated rings. The Hall–Kier alpha value is -1.39. The predicted molar refractivity (Wildman–Crippen MR) is 46.4 cm³/mol. The standard InChI is InChI=1S/C8H13N3O2/c1-6(2)3-4-11-9-5-7(10-11)8(12)13/h5-6H,3-4H2,1-2H3,(H,12,13). The third kappa shape index (κ3) is 2.85. The molecule has 0 spiro atoms. The molecule has 1 rings (SSSR count). The Morgan fingerprint density at radius 2 is 2.38 bits per heavy atom. The minimum atomic E-state index is -1.03. The summed E-state index contributed by atoms with van der Waals surface area (Å²) in [7, 11) is 0. The summed E-state index contributed by atoms with van der Waals surface area (Å²) in [4.78, 5) is 11.9. The zero-order valence-corrected chi connectivity index (χ0v) is 7.77. The van der Waals surface area contributed by atoms with Crippen molar-refractivity contribution in [2.45, 2.75) is 26.8 Å². The molecule has 0 aromatic carbocycles. The van der Waals surface area contributed by atoms with Crippen molar-refractivity contribution in [3.05, 3.63) is 11.9 Å². The highest BCUT2D eigenvalue weighted by Crippen LogP contribution is 2.01. The van der Waals surface area contributed by atoms with Crippen LogP contribution < -0.4 is 0 Å². The average molecular weight is 183 g/mol. The van der Waals surface area contributed by atoms with Gasteiger partial charge in [-0.25, -0.2) is 4.79 Å². The van der Waals surface area contributed by atoms with Crippen LogP contribution in [0, 0.1) is 5.92 Å². The zero-order valence-electron chi connectivity index (χ0n) is 7.77. The van der Waals surface area contributed by atoms with Crippen LogP contribution in [0.25, 0.3) is 0 Å². The summed E-state index contributed by atoms with van der Waals surface area (Å²) in [6.45, 7) is 4.87. The lowest BCUT2D eigenvalue weighted by molar-refractivity contribution is 0.0689. The Balaban J connectivity index is 2.54. The van der Waals surface area contributed by atoms with E-state index in [-0.39, 0.29) is 5.69 Å². The Labute approximate surface area is 76.4 Å². The number of aromatic carboxylic acids is 1. The van der Waals surface area contributed by atoms with Crippen molar-refractivity contribution in [3.8, 4) is 0 Å². The molecule has 0 amide bonds. The lowest BCUT2D eigenvalue weighted by Crippen LogP contribution is -2.06. The van der Waals surface area contributed by atoms with Gasteiger partial charge < -0.3 is 5.11 Å². The van der Waals surface area contributed by atoms with Gasteiger partial charge in [-0.3, -0.25) is 0 Å². The number of aryl methyl sites for hydroxylation is 1. The zero-order chi connectivity index (χ0) is 9.84. The normalized spacial score (nSPS) is 10.7. The molecule has 0 radical (unpaired) electrons. The first-order chi connectivity index (χ1) is 6.09. The van der Waals surface area contributed by atoms with E-state index in [0.29, 0.717) is 12.5 Å². The van der Waals surface area contributed by atoms with Crippen molar-refractivity contribution in [2.24, 2.45) is 5.92 Å². The Morgan fingerprint density at radius 3 is 2.85 bits per heavy atom. The van der Waals surface area contributed by atoms with Gasteiger partial charge in [-0.05, 0) is 12.3 Å². The largest absolute Gasteiger partial charge is 0.476 e. The molecule has 0 unspecified atom stereocenters. The van der Waals surface area contributed by atoms with Gasteiger partial charge in [0.1, 0.15) is 0 Å². The van der Waals surface area contributed by atoms with Crippen LogP contribution in [0.15, 0.2) is 6.20 Å². The van der Waals surface area contributed by atoms with Gasteiger partial charge in [0.15, 0.2) is 5.69 Å². The van der Waals surface area contributed by atoms with E-state index in [1.807, 2.05) is 0 Å². The summed E-state index contributed by atoms with van der Waals surface area (Å²) in [6.07, 6.45) is 2.22. The summed E-state index contributed by atoms with van der Waals surface area (Å²) in [5.74, 6) is -0.463. The number of hydrogen-bond acceptors (Lipinski definition) is 3. The SMILES string of the molecule is CC(C)CCn1ncc(C(=O)O)n1. The Bertz CT molecular complexity index is 293. The second-order valence-electron chi connectivity index (χ2n) is 3.31. The van der Waals surface area contributed by atoms with Gasteiger partial charge >= 0.3 is 5.97 Å². The molecule has 1 aromatic heterocycles. The first-order valence-electron chi connectivity index (χ1n) is 4.23. The molecule has 5 heteroatoms. The smallest absolute Gasteiger partial charge is 0.358 e. The lowest BCUT2D eigenvalue weighted by atomic mass is 10.1. The average Bonchev–Trinajstić information content (AvgIpc) is 2.48. The maximum Gasteiger partial charge on any atom is 0.358 e. The van der Waals surface area contributed by atoms with E-state index in [4.69, 9.17) is 5.11 Å². The fourth-order valence-corrected chi connectivity index (χ4v) is 0.877. The molecule has 1 heterocycles. The first-order valence-corrected chi connectivity index (χ1v) is 4.23. The molecule has 0 atom stereocenters. The van der Waals surface area contributed by atoms with Gasteiger partial charge in [-0.15, -0.1) is 5.10 Å². The summed E-state index contributed by atoms with van der Waals surface area (Å²) in [5.41, 5.74) is 0.00348. The molecule has 0 aliphatic rings. The molecule has 1 N–H and O–H groups in total. The summed E-state index contributed by atoms with van der Waals surface area (Å²) >= 11 is 0. The van der Waals surface area contributed by atoms with Crippen LogP contribution in [0.5, 0.6) is 0 Å². The van der Waals surface area contributed by atoms with Crippen LogP contribution in [-0.2, 0) is 6.54 Å². The number of carboxylic acids is 1. The van der Waals surface area contributed by atoms with Crippen LogP contribution in [0.4, 0.5) is 0 Å². The molecule has 0 bridgehead atoms. The van der Waals surface area contributed by atoms with Crippen molar-refractivity contribution >= 4 is 5.97 Å². The van der Waals surface area contributed by atoms with E-state index in [1.54, 1.807) is 0 Å². The second kappa shape index (κ2) is 4.02. The van der Waals surface area contributed by atoms with Gasteiger partial charge in [-0.2, -0.15) is 9.90 Å². The van der Waals surface area contributed by atoms with Crippen molar-refractivity contribution in [2.75, 3.05) is 0 Å². The van der Waals surface area contributed by atoms with E-state index < -0.39 is 5.97 Å². The van der Waals surface area contributed by atoms with Crippen molar-refractivity contribution < 1.29 is 9.90 Å². The minimum absolute atomic E-state index is 0.00348. The van der Waals surface area contributed by atoms with Crippen molar-refractivity contribution in [1.82, 2.24) is 15.0 Å². The molecule has 72 valence electrons. The van der Waals surface area contributed by atoms with E-state index in [1.165, 1.54) is 11.0 Å². The molecular formula is C8H13N3O2. The molecule has 0 saturated heterocycles. The maximum atomic E-state index is 10.4. The minimum Gasteiger partial charge on any atom is -0.476 e. The number of hydrogen-bond donors (Lipinski definition) is 1. The number of carbonyl (C=O) groups is 1. The predicted octanol–water partition coefficient (Wildman–Crippen LogP) is 1.02. The number of nitrogens with zero attached hydrogens (tertiary/aromatic N) is 3. The molecule has 5 nitrogen and oxygen atoms in total. The fourth-order valence-electron chi connectivity index (χ4n) is 0.877. The highest BCUT2D eigenvalue weighted by Gasteiger charge is 2.07. The van der Waals surface area contributed by atoms with Crippen LogP contribution >= 0.6 is 0 Å². The van der Waals surface area contributed by atoms with E-state index in [9.17, 15) is 4.79 Å². The topological polar surface area (TPSA) is 68.0 Å². The Kier molecular flexibility index (Phi) is 3.00. The molecule has 0 saturated carbocycles. The molecule has 13 heavy (non-hydrogen) atoms. The third-order valence-electron chi connectivity index (χ3n) is 1.66. The van der Waals surface area contributed by atoms with Gasteiger partial charge in [0.2, 0.25) is 0 Å². The van der Waals surface area contributed by atoms with Gasteiger partial charge in [0, 0.05) is 0 Å². The summed E-state index contributed by atoms with van der Waals surface area (Å²) < 4.78 is 0. The van der Waals surface area contributed by atoms with E-state index in [2.05, 4.69) is 24.0 Å². The first kappa shape index (κ1) is 9.70. The number of carboxylic acid groups (broad SMARTS) is 1. The molecule has 0 aliphatic heterocycles. The van der Waals surface area contributed by atoms with Gasteiger partial charge in [0.05, 0.1) is 12.7 Å². The third-order valence-corrected chi connectivity index (χ3v) is 1.66. The monoisotopic (exact) mass is 183 g/mol. The lowest BCUT2D eigenvalue weighted by Gasteiger charge is -2.02. The molecular weight excluding hydrogens is 170 g/mol. The van der Waals surface area contributed by atoms with Crippen LogP contribution in [0.3, 0.4) is 0 Å².